The molecule has 4 nitrogen and oxygen atoms in total. The minimum absolute atomic E-state index is 0.265. The van der Waals surface area contributed by atoms with Gasteiger partial charge in [0.25, 0.3) is 0 Å². The lowest BCUT2D eigenvalue weighted by atomic mass is 9.72. The van der Waals surface area contributed by atoms with Crippen LogP contribution in [0.1, 0.15) is 38.7 Å². The van der Waals surface area contributed by atoms with Gasteiger partial charge in [-0.2, -0.15) is 0 Å². The van der Waals surface area contributed by atoms with Crippen molar-refractivity contribution in [3.05, 3.63) is 96.6 Å². The molecule has 4 aromatic carbocycles. The Morgan fingerprint density at radius 1 is 0.889 bits per heavy atom. The van der Waals surface area contributed by atoms with E-state index in [9.17, 15) is 0 Å². The molecule has 0 aromatic heterocycles. The topological polar surface area (TPSA) is 34.1 Å². The van der Waals surface area contributed by atoms with E-state index < -0.39 is 5.72 Å². The van der Waals surface area contributed by atoms with E-state index in [-0.39, 0.29) is 5.41 Å². The molecule has 0 bridgehead atoms. The van der Waals surface area contributed by atoms with Crippen LogP contribution in [0.25, 0.3) is 10.8 Å². The normalized spacial score (nSPS) is 21.9. The molecule has 0 saturated heterocycles. The monoisotopic (exact) mass is 476 g/mol. The van der Waals surface area contributed by atoms with E-state index in [1.165, 1.54) is 16.6 Å². The summed E-state index contributed by atoms with van der Waals surface area (Å²) in [6.07, 6.45) is 5.32. The van der Waals surface area contributed by atoms with Crippen LogP contribution in [0.15, 0.2) is 96.0 Å². The Morgan fingerprint density at radius 3 is 2.53 bits per heavy atom. The summed E-state index contributed by atoms with van der Waals surface area (Å²) < 4.78 is 13.3. The lowest BCUT2D eigenvalue weighted by Gasteiger charge is -2.48. The standard InChI is InChI=1S/C32H32N2O2/c1-3-4-20-31(2)27-16-10-11-17-28(27)34(21-22-35-25-13-6-5-7-14-25)32(31)23-33-30-26-15-9-8-12-24(26)18-19-29(30)36-32/h5-19,23H,3-4,20-22H2,1-2H3. The summed E-state index contributed by atoms with van der Waals surface area (Å²) in [7, 11) is 0. The van der Waals surface area contributed by atoms with Crippen molar-refractivity contribution in [2.24, 2.45) is 4.99 Å². The first-order valence-corrected chi connectivity index (χ1v) is 13.0. The molecule has 182 valence electrons. The van der Waals surface area contributed by atoms with E-state index in [0.29, 0.717) is 13.2 Å². The second kappa shape index (κ2) is 9.02. The number of hydrogen-bond donors (Lipinski definition) is 0. The summed E-state index contributed by atoms with van der Waals surface area (Å²) in [5.74, 6) is 1.71. The average molecular weight is 477 g/mol. The molecule has 36 heavy (non-hydrogen) atoms. The largest absolute Gasteiger partial charge is 0.492 e. The van der Waals surface area contributed by atoms with Gasteiger partial charge in [0.05, 0.1) is 18.2 Å². The number of para-hydroxylation sites is 2. The fourth-order valence-electron chi connectivity index (χ4n) is 5.92. The van der Waals surface area contributed by atoms with Gasteiger partial charge in [0.2, 0.25) is 5.72 Å². The van der Waals surface area contributed by atoms with Crippen LogP contribution in [0.4, 0.5) is 11.4 Å². The predicted octanol–water partition coefficient (Wildman–Crippen LogP) is 7.68. The quantitative estimate of drug-likeness (QED) is 0.274. The van der Waals surface area contributed by atoms with Crippen LogP contribution in [0.5, 0.6) is 11.5 Å². The van der Waals surface area contributed by atoms with E-state index in [1.54, 1.807) is 0 Å². The van der Waals surface area contributed by atoms with Crippen molar-refractivity contribution < 1.29 is 9.47 Å². The molecule has 0 N–H and O–H groups in total. The van der Waals surface area contributed by atoms with Gasteiger partial charge in [0.15, 0.2) is 0 Å². The second-order valence-electron chi connectivity index (χ2n) is 9.96. The van der Waals surface area contributed by atoms with Crippen LogP contribution in [-0.4, -0.2) is 25.1 Å². The number of fused-ring (bicyclic) bond motifs is 4. The highest BCUT2D eigenvalue weighted by Crippen LogP contribution is 2.56. The summed E-state index contributed by atoms with van der Waals surface area (Å²) in [5, 5.41) is 2.29. The Bertz CT molecular complexity index is 1420. The predicted molar refractivity (Wildman–Crippen MR) is 148 cm³/mol. The van der Waals surface area contributed by atoms with E-state index in [1.807, 2.05) is 30.3 Å². The van der Waals surface area contributed by atoms with Crippen LogP contribution in [-0.2, 0) is 5.41 Å². The molecule has 2 heterocycles. The molecule has 0 aliphatic carbocycles. The van der Waals surface area contributed by atoms with Crippen molar-refractivity contribution in [2.75, 3.05) is 18.1 Å². The minimum atomic E-state index is -0.735. The molecule has 2 aliphatic heterocycles. The van der Waals surface area contributed by atoms with Gasteiger partial charge in [-0.1, -0.05) is 86.5 Å². The van der Waals surface area contributed by atoms with Gasteiger partial charge >= 0.3 is 0 Å². The highest BCUT2D eigenvalue weighted by Gasteiger charge is 2.61. The van der Waals surface area contributed by atoms with Gasteiger partial charge in [0, 0.05) is 11.1 Å². The number of anilines is 1. The Balaban J connectivity index is 1.44. The molecule has 2 unspecified atom stereocenters. The molecule has 2 aliphatic rings. The summed E-state index contributed by atoms with van der Waals surface area (Å²) in [5.41, 5.74) is 2.42. The van der Waals surface area contributed by atoms with Crippen molar-refractivity contribution in [2.45, 2.75) is 44.2 Å². The van der Waals surface area contributed by atoms with Gasteiger partial charge in [-0.3, -0.25) is 4.99 Å². The van der Waals surface area contributed by atoms with Crippen molar-refractivity contribution in [3.63, 3.8) is 0 Å². The zero-order chi connectivity index (χ0) is 24.6. The highest BCUT2D eigenvalue weighted by atomic mass is 16.5. The molecule has 0 fully saturated rings. The fourth-order valence-corrected chi connectivity index (χ4v) is 5.92. The van der Waals surface area contributed by atoms with Crippen LogP contribution in [0.3, 0.4) is 0 Å². The lowest BCUT2D eigenvalue weighted by molar-refractivity contribution is 0.0598. The van der Waals surface area contributed by atoms with E-state index in [0.717, 1.165) is 41.8 Å². The molecular formula is C32H32N2O2. The van der Waals surface area contributed by atoms with Gasteiger partial charge in [-0.15, -0.1) is 0 Å². The van der Waals surface area contributed by atoms with Crippen LogP contribution >= 0.6 is 0 Å². The third-order valence-corrected chi connectivity index (χ3v) is 7.84. The van der Waals surface area contributed by atoms with Crippen LogP contribution in [0, 0.1) is 0 Å². The summed E-state index contributed by atoms with van der Waals surface area (Å²) >= 11 is 0. The van der Waals surface area contributed by atoms with Crippen LogP contribution in [0.2, 0.25) is 0 Å². The first kappa shape index (κ1) is 22.7. The maximum atomic E-state index is 7.12. The van der Waals surface area contributed by atoms with E-state index in [2.05, 4.69) is 85.6 Å². The summed E-state index contributed by atoms with van der Waals surface area (Å²) in [6.45, 7) is 5.82. The van der Waals surface area contributed by atoms with Crippen molar-refractivity contribution in [3.8, 4) is 11.5 Å². The van der Waals surface area contributed by atoms with E-state index in [4.69, 9.17) is 14.5 Å². The number of benzene rings is 4. The van der Waals surface area contributed by atoms with Gasteiger partial charge in [-0.25, -0.2) is 0 Å². The third-order valence-electron chi connectivity index (χ3n) is 7.84. The summed E-state index contributed by atoms with van der Waals surface area (Å²) in [4.78, 5) is 7.50. The Labute approximate surface area is 213 Å². The second-order valence-corrected chi connectivity index (χ2v) is 9.96. The molecule has 0 saturated carbocycles. The number of hydrogen-bond acceptors (Lipinski definition) is 4. The van der Waals surface area contributed by atoms with Gasteiger partial charge < -0.3 is 14.4 Å². The first-order valence-electron chi connectivity index (χ1n) is 13.0. The fraction of sp³-hybridized carbons (Fsp3) is 0.281. The maximum absolute atomic E-state index is 7.12. The molecule has 4 heteroatoms. The zero-order valence-electron chi connectivity index (χ0n) is 21.0. The highest BCUT2D eigenvalue weighted by molar-refractivity contribution is 5.99. The van der Waals surface area contributed by atoms with Crippen molar-refractivity contribution in [1.82, 2.24) is 0 Å². The maximum Gasteiger partial charge on any atom is 0.229 e. The van der Waals surface area contributed by atoms with Gasteiger partial charge in [0.1, 0.15) is 23.8 Å². The number of rotatable bonds is 7. The van der Waals surface area contributed by atoms with E-state index >= 15 is 0 Å². The lowest BCUT2D eigenvalue weighted by Crippen LogP contribution is -2.63. The molecule has 2 atom stereocenters. The van der Waals surface area contributed by atoms with Crippen molar-refractivity contribution in [1.29, 1.82) is 0 Å². The molecule has 4 aromatic rings. The molecule has 1 spiro atoms. The SMILES string of the molecule is CCCCC1(C)c2ccccc2N(CCOc2ccccc2)C12C=Nc1c(ccc3ccccc13)O2. The average Bonchev–Trinajstić information content (AvgIpc) is 3.12. The summed E-state index contributed by atoms with van der Waals surface area (Å²) in [6, 6.07) is 31.3. The molecule has 6 rings (SSSR count). The Morgan fingerprint density at radius 2 is 1.67 bits per heavy atom. The number of ether oxygens (including phenoxy) is 2. The third kappa shape index (κ3) is 3.47. The van der Waals surface area contributed by atoms with Crippen LogP contribution < -0.4 is 14.4 Å². The number of aliphatic imine (C=N–C) groups is 1. The Kier molecular flexibility index (Phi) is 5.67. The molecule has 0 amide bonds. The smallest absolute Gasteiger partial charge is 0.229 e. The van der Waals surface area contributed by atoms with Crippen molar-refractivity contribution >= 4 is 28.4 Å². The van der Waals surface area contributed by atoms with Gasteiger partial charge in [-0.05, 0) is 48.6 Å². The zero-order valence-corrected chi connectivity index (χ0v) is 21.0. The Hall–Kier alpha value is -3.79. The minimum Gasteiger partial charge on any atom is -0.492 e. The first-order chi connectivity index (χ1) is 17.7. The number of unbranched alkanes of at least 4 members (excludes halogenated alkanes) is 1. The molecular weight excluding hydrogens is 444 g/mol. The molecule has 0 radical (unpaired) electrons. The number of nitrogens with zero attached hydrogens (tertiary/aromatic N) is 2.